The summed E-state index contributed by atoms with van der Waals surface area (Å²) < 4.78 is 10.6. The fraction of sp³-hybridized carbons (Fsp3) is 0.240. The molecule has 0 spiro atoms. The first-order chi connectivity index (χ1) is 18.3. The average molecular weight is 518 g/mol. The second kappa shape index (κ2) is 9.75. The smallest absolute Gasteiger partial charge is 0.318 e. The van der Waals surface area contributed by atoms with Gasteiger partial charge in [0.25, 0.3) is 11.5 Å². The van der Waals surface area contributed by atoms with Crippen molar-refractivity contribution >= 4 is 23.7 Å². The van der Waals surface area contributed by atoms with Crippen LogP contribution in [0.1, 0.15) is 21.6 Å². The number of aliphatic hydroxyl groups is 1. The number of nitrogens with one attached hydrogen (secondary N) is 4. The molecule has 0 saturated carbocycles. The molecule has 1 fully saturated rings. The van der Waals surface area contributed by atoms with Crippen molar-refractivity contribution in [1.29, 1.82) is 0 Å². The van der Waals surface area contributed by atoms with Crippen LogP contribution in [0.4, 0.5) is 16.6 Å². The number of urea groups is 1. The first kappa shape index (κ1) is 24.6. The van der Waals surface area contributed by atoms with Gasteiger partial charge in [0.2, 0.25) is 5.95 Å². The number of ether oxygens (including phenoxy) is 2. The molecule has 2 aliphatic rings. The molecule has 3 amide bonds. The third-order valence-electron chi connectivity index (χ3n) is 6.11. The van der Waals surface area contributed by atoms with E-state index >= 15 is 0 Å². The molecule has 5 N–H and O–H groups in total. The molecule has 38 heavy (non-hydrogen) atoms. The summed E-state index contributed by atoms with van der Waals surface area (Å²) in [6.45, 7) is 0.165. The highest BCUT2D eigenvalue weighted by Crippen LogP contribution is 2.29. The number of fused-ring (bicyclic) bond motifs is 1. The number of anilines is 2. The third kappa shape index (κ3) is 4.67. The third-order valence-corrected chi connectivity index (χ3v) is 6.11. The second-order valence-corrected chi connectivity index (χ2v) is 8.56. The Hall–Kier alpha value is -5.09. The van der Waals surface area contributed by atoms with Crippen LogP contribution in [0.15, 0.2) is 47.4 Å². The minimum Gasteiger partial charge on any atom is -0.497 e. The molecular formula is C25H23N7O6. The summed E-state index contributed by atoms with van der Waals surface area (Å²) in [5, 5.41) is 18.7. The van der Waals surface area contributed by atoms with E-state index in [9.17, 15) is 19.5 Å². The van der Waals surface area contributed by atoms with E-state index in [4.69, 9.17) is 9.47 Å². The number of hydrogen-bond acceptors (Lipinski definition) is 9. The summed E-state index contributed by atoms with van der Waals surface area (Å²) >= 11 is 0. The maximum Gasteiger partial charge on any atom is 0.318 e. The zero-order valence-corrected chi connectivity index (χ0v) is 20.4. The van der Waals surface area contributed by atoms with Crippen molar-refractivity contribution in [3.05, 3.63) is 69.8 Å². The van der Waals surface area contributed by atoms with E-state index in [0.717, 1.165) is 5.56 Å². The number of amides is 3. The number of hydrogen-bond donors (Lipinski definition) is 5. The predicted octanol–water partition coefficient (Wildman–Crippen LogP) is 0.303. The van der Waals surface area contributed by atoms with Gasteiger partial charge in [-0.3, -0.25) is 14.6 Å². The molecule has 2 aliphatic heterocycles. The number of aromatic nitrogens is 3. The molecule has 194 valence electrons. The van der Waals surface area contributed by atoms with Gasteiger partial charge in [-0.15, -0.1) is 0 Å². The lowest BCUT2D eigenvalue weighted by atomic mass is 9.98. The molecule has 0 radical (unpaired) electrons. The van der Waals surface area contributed by atoms with E-state index in [1.165, 1.54) is 31.4 Å². The Bertz CT molecular complexity index is 1540. The number of carbonyl (C=O) groups is 2. The summed E-state index contributed by atoms with van der Waals surface area (Å²) in [4.78, 5) is 49.4. The highest BCUT2D eigenvalue weighted by atomic mass is 16.5. The summed E-state index contributed by atoms with van der Waals surface area (Å²) in [5.74, 6) is 6.87. The van der Waals surface area contributed by atoms with Gasteiger partial charge in [0.1, 0.15) is 11.6 Å². The number of aliphatic hydroxyl groups excluding tert-OH is 1. The van der Waals surface area contributed by atoms with Crippen LogP contribution >= 0.6 is 0 Å². The van der Waals surface area contributed by atoms with E-state index in [1.54, 1.807) is 30.3 Å². The fourth-order valence-electron chi connectivity index (χ4n) is 4.21. The van der Waals surface area contributed by atoms with E-state index in [1.807, 2.05) is 0 Å². The quantitative estimate of drug-likeness (QED) is 0.289. The Labute approximate surface area is 216 Å². The Balaban J connectivity index is 1.46. The van der Waals surface area contributed by atoms with Crippen molar-refractivity contribution in [3.63, 3.8) is 0 Å². The van der Waals surface area contributed by atoms with Gasteiger partial charge in [-0.2, -0.15) is 0 Å². The summed E-state index contributed by atoms with van der Waals surface area (Å²) in [6, 6.07) is 9.08. The molecule has 1 unspecified atom stereocenters. The molecule has 0 aliphatic carbocycles. The zero-order valence-electron chi connectivity index (χ0n) is 20.4. The Morgan fingerprint density at radius 1 is 1.18 bits per heavy atom. The van der Waals surface area contributed by atoms with E-state index < -0.39 is 17.8 Å². The Morgan fingerprint density at radius 3 is 2.74 bits per heavy atom. The number of rotatable bonds is 6. The highest BCUT2D eigenvalue weighted by molar-refractivity contribution is 5.99. The first-order valence-corrected chi connectivity index (χ1v) is 11.4. The van der Waals surface area contributed by atoms with E-state index in [-0.39, 0.29) is 36.2 Å². The normalized spacial score (nSPS) is 19.7. The minimum absolute atomic E-state index is 0.106. The van der Waals surface area contributed by atoms with Crippen molar-refractivity contribution < 1.29 is 24.2 Å². The van der Waals surface area contributed by atoms with Crippen LogP contribution in [-0.2, 0) is 6.54 Å². The van der Waals surface area contributed by atoms with Gasteiger partial charge >= 0.3 is 6.03 Å². The molecule has 3 aromatic rings. The maximum absolute atomic E-state index is 13.1. The molecular weight excluding hydrogens is 494 g/mol. The van der Waals surface area contributed by atoms with Crippen LogP contribution in [0.3, 0.4) is 0 Å². The standard InChI is InChI=1S/C25H23N7O6/c1-37-15-4-3-14-12-32(21(34)16(14)11-15)13-25(22(35)30-24(36)31-25)9-7-17-18(38-2)5-6-19(27-17)28-23-26-10-8-20(33)29-23/h3-6,8,10-11,22,35H,12-13H2,1-2H3,(H2,30,31,36)(H2,26,27,28,29,33)/t22?,25-/m1/s1. The summed E-state index contributed by atoms with van der Waals surface area (Å²) in [6.07, 6.45) is -0.0696. The lowest BCUT2D eigenvalue weighted by molar-refractivity contribution is 0.0611. The Kier molecular flexibility index (Phi) is 6.31. The number of pyridine rings is 1. The molecule has 4 heterocycles. The monoisotopic (exact) mass is 517 g/mol. The fourth-order valence-corrected chi connectivity index (χ4v) is 4.21. The van der Waals surface area contributed by atoms with Gasteiger partial charge in [-0.05, 0) is 35.7 Å². The molecule has 5 rings (SSSR count). The van der Waals surface area contributed by atoms with E-state index in [2.05, 4.69) is 42.7 Å². The number of aromatic amines is 1. The molecule has 13 nitrogen and oxygen atoms in total. The van der Waals surface area contributed by atoms with Crippen LogP contribution in [0.2, 0.25) is 0 Å². The number of benzene rings is 1. The van der Waals surface area contributed by atoms with Gasteiger partial charge in [0.05, 0.1) is 20.8 Å². The molecule has 1 aromatic carbocycles. The SMILES string of the molecule is COc1ccc2c(c1)C(=O)N(C[C@@]1(C#Cc3nc(Nc4nccc(=O)[nH]4)ccc3OC)NC(=O)NC1O)C2. The van der Waals surface area contributed by atoms with Gasteiger partial charge in [0, 0.05) is 24.4 Å². The lowest BCUT2D eigenvalue weighted by Crippen LogP contribution is -2.56. The number of carbonyl (C=O) groups excluding carboxylic acids is 2. The molecule has 13 heteroatoms. The summed E-state index contributed by atoms with van der Waals surface area (Å²) in [7, 11) is 2.96. The van der Waals surface area contributed by atoms with Crippen molar-refractivity contribution in [3.8, 4) is 23.3 Å². The number of H-pyrrole nitrogens is 1. The van der Waals surface area contributed by atoms with Crippen molar-refractivity contribution in [1.82, 2.24) is 30.5 Å². The molecule has 2 atom stereocenters. The van der Waals surface area contributed by atoms with Gasteiger partial charge in [-0.1, -0.05) is 12.0 Å². The molecule has 0 bridgehead atoms. The first-order valence-electron chi connectivity index (χ1n) is 11.4. The van der Waals surface area contributed by atoms with Crippen molar-refractivity contribution in [2.45, 2.75) is 18.3 Å². The van der Waals surface area contributed by atoms with Crippen LogP contribution < -0.4 is 31.0 Å². The highest BCUT2D eigenvalue weighted by Gasteiger charge is 2.48. The van der Waals surface area contributed by atoms with Gasteiger partial charge in [-0.25, -0.2) is 14.8 Å². The van der Waals surface area contributed by atoms with Crippen molar-refractivity contribution in [2.24, 2.45) is 0 Å². The second-order valence-electron chi connectivity index (χ2n) is 8.56. The topological polar surface area (TPSA) is 171 Å². The average Bonchev–Trinajstić information content (AvgIpc) is 3.36. The van der Waals surface area contributed by atoms with Gasteiger partial charge in [0.15, 0.2) is 23.2 Å². The van der Waals surface area contributed by atoms with Crippen LogP contribution in [0, 0.1) is 11.8 Å². The minimum atomic E-state index is -1.54. The van der Waals surface area contributed by atoms with E-state index in [0.29, 0.717) is 22.9 Å². The van der Waals surface area contributed by atoms with Gasteiger partial charge < -0.3 is 35.4 Å². The Morgan fingerprint density at radius 2 is 2.03 bits per heavy atom. The van der Waals surface area contributed by atoms with Crippen LogP contribution in [-0.4, -0.2) is 69.4 Å². The molecule has 1 saturated heterocycles. The maximum atomic E-state index is 13.1. The lowest BCUT2D eigenvalue weighted by Gasteiger charge is -2.30. The van der Waals surface area contributed by atoms with Crippen molar-refractivity contribution in [2.75, 3.05) is 26.1 Å². The number of methoxy groups -OCH3 is 2. The van der Waals surface area contributed by atoms with Crippen LogP contribution in [0.25, 0.3) is 0 Å². The van der Waals surface area contributed by atoms with Crippen LogP contribution in [0.5, 0.6) is 11.5 Å². The summed E-state index contributed by atoms with van der Waals surface area (Å²) in [5.41, 5.74) is -0.423. The largest absolute Gasteiger partial charge is 0.497 e. The zero-order chi connectivity index (χ0) is 26.9. The molecule has 2 aromatic heterocycles. The number of nitrogens with zero attached hydrogens (tertiary/aromatic N) is 3. The predicted molar refractivity (Wildman–Crippen MR) is 134 cm³/mol.